The lowest BCUT2D eigenvalue weighted by Crippen LogP contribution is -2.42. The average molecular weight is 235 g/mol. The first kappa shape index (κ1) is 11.1. The number of para-hydroxylation sites is 2. The van der Waals surface area contributed by atoms with Gasteiger partial charge in [0.25, 0.3) is 0 Å². The van der Waals surface area contributed by atoms with Crippen LogP contribution in [0.5, 0.6) is 0 Å². The molecule has 0 aliphatic rings. The van der Waals surface area contributed by atoms with Crippen LogP contribution in [0.1, 0.15) is 0 Å². The maximum absolute atomic E-state index is 10.8. The van der Waals surface area contributed by atoms with Gasteiger partial charge in [0.15, 0.2) is 17.0 Å². The summed E-state index contributed by atoms with van der Waals surface area (Å²) < 4.78 is 1.59. The molecule has 3 N–H and O–H groups in total. The summed E-state index contributed by atoms with van der Waals surface area (Å²) >= 11 is 0. The van der Waals surface area contributed by atoms with Gasteiger partial charge in [-0.15, -0.1) is 0 Å². The van der Waals surface area contributed by atoms with E-state index >= 15 is 0 Å². The Labute approximate surface area is 96.1 Å². The molecule has 2 rings (SSSR count). The molecule has 0 bridgehead atoms. The van der Waals surface area contributed by atoms with Crippen LogP contribution >= 0.6 is 0 Å². The maximum Gasteiger partial charge on any atom is 0.322 e. The van der Waals surface area contributed by atoms with Gasteiger partial charge in [-0.2, -0.15) is 0 Å². The monoisotopic (exact) mass is 235 g/mol. The third kappa shape index (κ3) is 2.10. The molecule has 1 heterocycles. The van der Waals surface area contributed by atoms with Crippen LogP contribution in [0.2, 0.25) is 0 Å². The topological polar surface area (TPSA) is 94.3 Å². The number of carboxylic acids is 2. The van der Waals surface area contributed by atoms with Crippen molar-refractivity contribution in [1.29, 1.82) is 0 Å². The van der Waals surface area contributed by atoms with Crippen molar-refractivity contribution in [3.05, 3.63) is 30.6 Å². The lowest BCUT2D eigenvalue weighted by Gasteiger charge is -2.04. The van der Waals surface area contributed by atoms with E-state index in [4.69, 9.17) is 10.2 Å². The Balaban J connectivity index is 2.35. The van der Waals surface area contributed by atoms with E-state index in [9.17, 15) is 9.59 Å². The van der Waals surface area contributed by atoms with Crippen LogP contribution in [-0.4, -0.2) is 27.1 Å². The van der Waals surface area contributed by atoms with E-state index in [1.54, 1.807) is 17.0 Å². The number of nitrogens with one attached hydrogen (secondary N) is 1. The Morgan fingerprint density at radius 1 is 1.24 bits per heavy atom. The van der Waals surface area contributed by atoms with Gasteiger partial charge in [0.1, 0.15) is 6.54 Å². The van der Waals surface area contributed by atoms with Crippen molar-refractivity contribution in [2.75, 3.05) is 0 Å². The quantitative estimate of drug-likeness (QED) is 0.522. The Bertz CT molecular complexity index is 562. The van der Waals surface area contributed by atoms with Gasteiger partial charge in [-0.25, -0.2) is 9.55 Å². The highest BCUT2D eigenvalue weighted by atomic mass is 16.4. The van der Waals surface area contributed by atoms with Crippen LogP contribution in [-0.2, 0) is 16.1 Å². The van der Waals surface area contributed by atoms with Crippen molar-refractivity contribution in [2.24, 2.45) is 5.92 Å². The molecule has 0 aliphatic heterocycles. The summed E-state index contributed by atoms with van der Waals surface area (Å²) in [5.74, 6) is -4.12. The number of benzene rings is 1. The van der Waals surface area contributed by atoms with Gasteiger partial charge in [-0.1, -0.05) is 12.1 Å². The van der Waals surface area contributed by atoms with E-state index in [2.05, 4.69) is 4.98 Å². The summed E-state index contributed by atoms with van der Waals surface area (Å²) in [4.78, 5) is 24.5. The summed E-state index contributed by atoms with van der Waals surface area (Å²) in [6, 6.07) is 7.28. The molecule has 88 valence electrons. The molecule has 2 aromatic rings. The number of hydrogen-bond donors (Lipinski definition) is 3. The van der Waals surface area contributed by atoms with E-state index in [1.807, 2.05) is 18.2 Å². The number of aromatic nitrogens is 2. The lowest BCUT2D eigenvalue weighted by molar-refractivity contribution is -0.674. The fourth-order valence-corrected chi connectivity index (χ4v) is 1.67. The maximum atomic E-state index is 10.8. The lowest BCUT2D eigenvalue weighted by atomic mass is 10.1. The fraction of sp³-hybridized carbons (Fsp3) is 0.182. The van der Waals surface area contributed by atoms with E-state index in [-0.39, 0.29) is 6.54 Å². The second-order valence-corrected chi connectivity index (χ2v) is 3.67. The molecule has 0 unspecified atom stereocenters. The number of fused-ring (bicyclic) bond motifs is 1. The number of aliphatic carboxylic acids is 2. The molecule has 1 aromatic carbocycles. The predicted octanol–water partition coefficient (Wildman–Crippen LogP) is 0.241. The molecular formula is C11H11N2O4+. The summed E-state index contributed by atoms with van der Waals surface area (Å²) in [5, 5.41) is 17.6. The molecule has 0 saturated heterocycles. The number of rotatable bonds is 4. The molecule has 0 atom stereocenters. The molecule has 17 heavy (non-hydrogen) atoms. The van der Waals surface area contributed by atoms with Crippen molar-refractivity contribution in [3.63, 3.8) is 0 Å². The van der Waals surface area contributed by atoms with Crippen molar-refractivity contribution < 1.29 is 24.4 Å². The predicted molar refractivity (Wildman–Crippen MR) is 57.3 cm³/mol. The zero-order valence-electron chi connectivity index (χ0n) is 8.83. The zero-order valence-corrected chi connectivity index (χ0v) is 8.83. The largest absolute Gasteiger partial charge is 0.480 e. The highest BCUT2D eigenvalue weighted by molar-refractivity contribution is 5.92. The number of nitrogens with zero attached hydrogens (tertiary/aromatic N) is 1. The Kier molecular flexibility index (Phi) is 2.78. The molecule has 0 spiro atoms. The van der Waals surface area contributed by atoms with Crippen molar-refractivity contribution >= 4 is 23.0 Å². The van der Waals surface area contributed by atoms with Gasteiger partial charge in [0, 0.05) is 0 Å². The minimum absolute atomic E-state index is 0.103. The molecule has 1 aromatic heterocycles. The van der Waals surface area contributed by atoms with Crippen molar-refractivity contribution in [3.8, 4) is 0 Å². The molecule has 6 heteroatoms. The number of aromatic amines is 1. The van der Waals surface area contributed by atoms with Crippen LogP contribution in [0.15, 0.2) is 30.6 Å². The summed E-state index contributed by atoms with van der Waals surface area (Å²) in [5.41, 5.74) is 1.61. The molecule has 0 saturated carbocycles. The summed E-state index contributed by atoms with van der Waals surface area (Å²) in [7, 11) is 0. The van der Waals surface area contributed by atoms with Crippen molar-refractivity contribution in [1.82, 2.24) is 4.98 Å². The van der Waals surface area contributed by atoms with E-state index < -0.39 is 17.9 Å². The normalized spacial score (nSPS) is 10.9. The summed E-state index contributed by atoms with van der Waals surface area (Å²) in [6.45, 7) is -0.103. The zero-order chi connectivity index (χ0) is 12.4. The minimum Gasteiger partial charge on any atom is -0.480 e. The molecule has 0 amide bonds. The average Bonchev–Trinajstić information content (AvgIpc) is 2.68. The second kappa shape index (κ2) is 4.25. The summed E-state index contributed by atoms with van der Waals surface area (Å²) in [6.07, 6.45) is 1.57. The van der Waals surface area contributed by atoms with Crippen LogP contribution in [0.3, 0.4) is 0 Å². The van der Waals surface area contributed by atoms with Gasteiger partial charge < -0.3 is 10.2 Å². The Morgan fingerprint density at radius 3 is 2.53 bits per heavy atom. The van der Waals surface area contributed by atoms with Crippen LogP contribution in [0, 0.1) is 5.92 Å². The number of hydrogen-bond acceptors (Lipinski definition) is 2. The van der Waals surface area contributed by atoms with Gasteiger partial charge in [-0.05, 0) is 12.1 Å². The second-order valence-electron chi connectivity index (χ2n) is 3.67. The SMILES string of the molecule is O=C(O)C(C[n+]1c[nH]c2ccccc21)C(=O)O. The highest BCUT2D eigenvalue weighted by Gasteiger charge is 2.29. The first-order chi connectivity index (χ1) is 8.09. The van der Waals surface area contributed by atoms with Crippen LogP contribution < -0.4 is 4.57 Å². The van der Waals surface area contributed by atoms with Gasteiger partial charge in [0.05, 0.1) is 0 Å². The third-order valence-corrected chi connectivity index (χ3v) is 2.56. The number of imidazole rings is 1. The molecular weight excluding hydrogens is 224 g/mol. The first-order valence-electron chi connectivity index (χ1n) is 5.01. The Hall–Kier alpha value is -2.37. The molecule has 0 radical (unpaired) electrons. The number of H-pyrrole nitrogens is 1. The van der Waals surface area contributed by atoms with Gasteiger partial charge in [-0.3, -0.25) is 9.59 Å². The highest BCUT2D eigenvalue weighted by Crippen LogP contribution is 2.07. The molecule has 0 fully saturated rings. The van der Waals surface area contributed by atoms with E-state index in [0.717, 1.165) is 11.0 Å². The van der Waals surface area contributed by atoms with E-state index in [1.165, 1.54) is 0 Å². The van der Waals surface area contributed by atoms with Crippen LogP contribution in [0.25, 0.3) is 11.0 Å². The van der Waals surface area contributed by atoms with Gasteiger partial charge >= 0.3 is 11.9 Å². The third-order valence-electron chi connectivity index (χ3n) is 2.56. The standard InChI is InChI=1S/C11H10N2O4/c14-10(15)7(11(16)17)5-13-6-12-8-3-1-2-4-9(8)13/h1-4,6-7H,5H2,(H2,14,15,16,17)/p+1. The van der Waals surface area contributed by atoms with Crippen molar-refractivity contribution in [2.45, 2.75) is 6.54 Å². The van der Waals surface area contributed by atoms with Crippen LogP contribution in [0.4, 0.5) is 0 Å². The fourth-order valence-electron chi connectivity index (χ4n) is 1.67. The Morgan fingerprint density at radius 2 is 1.88 bits per heavy atom. The molecule has 6 nitrogen and oxygen atoms in total. The number of carbonyl (C=O) groups is 2. The molecule has 0 aliphatic carbocycles. The first-order valence-corrected chi connectivity index (χ1v) is 5.01. The number of carboxylic acid groups (broad SMARTS) is 2. The minimum atomic E-state index is -1.45. The van der Waals surface area contributed by atoms with E-state index in [0.29, 0.717) is 0 Å². The van der Waals surface area contributed by atoms with Gasteiger partial charge in [0.2, 0.25) is 6.33 Å². The smallest absolute Gasteiger partial charge is 0.322 e.